The standard InChI is InChI=1S/C14H30O2Si2/c1-14(2,3)18(7,8)16-13(12-15)10-9-11-17(4,5)6/h13,15H,10,12H2,1-8H3/t13-/m1/s1. The Kier molecular flexibility index (Phi) is 6.35. The van der Waals surface area contributed by atoms with Crippen molar-refractivity contribution in [2.24, 2.45) is 0 Å². The van der Waals surface area contributed by atoms with Gasteiger partial charge in [-0.05, 0) is 18.1 Å². The van der Waals surface area contributed by atoms with Crippen molar-refractivity contribution >= 4 is 16.4 Å². The normalized spacial score (nSPS) is 14.9. The van der Waals surface area contributed by atoms with Crippen LogP contribution in [0.5, 0.6) is 0 Å². The summed E-state index contributed by atoms with van der Waals surface area (Å²) in [7, 11) is -3.12. The third-order valence-corrected chi connectivity index (χ3v) is 8.73. The van der Waals surface area contributed by atoms with Crippen molar-refractivity contribution in [3.05, 3.63) is 0 Å². The lowest BCUT2D eigenvalue weighted by atomic mass is 10.2. The molecule has 0 amide bonds. The first-order valence-electron chi connectivity index (χ1n) is 6.68. The van der Waals surface area contributed by atoms with Crippen LogP contribution in [0, 0.1) is 11.5 Å². The maximum Gasteiger partial charge on any atom is 0.192 e. The second kappa shape index (κ2) is 6.38. The van der Waals surface area contributed by atoms with E-state index in [1.807, 2.05) is 0 Å². The molecular weight excluding hydrogens is 256 g/mol. The topological polar surface area (TPSA) is 29.5 Å². The van der Waals surface area contributed by atoms with Gasteiger partial charge in [-0.15, -0.1) is 11.5 Å². The lowest BCUT2D eigenvalue weighted by molar-refractivity contribution is 0.107. The quantitative estimate of drug-likeness (QED) is 0.631. The van der Waals surface area contributed by atoms with Crippen LogP contribution in [0.3, 0.4) is 0 Å². The van der Waals surface area contributed by atoms with E-state index in [-0.39, 0.29) is 17.7 Å². The predicted molar refractivity (Wildman–Crippen MR) is 84.9 cm³/mol. The molecule has 18 heavy (non-hydrogen) atoms. The van der Waals surface area contributed by atoms with E-state index in [4.69, 9.17) is 4.43 Å². The molecule has 1 N–H and O–H groups in total. The Hall–Kier alpha value is -0.0862. The van der Waals surface area contributed by atoms with Gasteiger partial charge in [0.25, 0.3) is 0 Å². The van der Waals surface area contributed by atoms with E-state index in [1.165, 1.54) is 0 Å². The van der Waals surface area contributed by atoms with Gasteiger partial charge in [0.1, 0.15) is 8.07 Å². The molecule has 0 aliphatic heterocycles. The molecule has 0 radical (unpaired) electrons. The lowest BCUT2D eigenvalue weighted by Gasteiger charge is -2.38. The minimum absolute atomic E-state index is 0.0624. The second-order valence-corrected chi connectivity index (χ2v) is 16.9. The zero-order chi connectivity index (χ0) is 14.6. The van der Waals surface area contributed by atoms with Crippen LogP contribution in [0.4, 0.5) is 0 Å². The Bertz CT molecular complexity index is 313. The van der Waals surface area contributed by atoms with E-state index in [9.17, 15) is 5.11 Å². The van der Waals surface area contributed by atoms with Gasteiger partial charge in [-0.1, -0.05) is 40.4 Å². The molecule has 0 rings (SSSR count). The van der Waals surface area contributed by atoms with E-state index in [0.29, 0.717) is 6.42 Å². The lowest BCUT2D eigenvalue weighted by Crippen LogP contribution is -2.44. The van der Waals surface area contributed by atoms with Crippen molar-refractivity contribution < 1.29 is 9.53 Å². The van der Waals surface area contributed by atoms with E-state index in [0.717, 1.165) is 0 Å². The van der Waals surface area contributed by atoms with E-state index >= 15 is 0 Å². The van der Waals surface area contributed by atoms with Gasteiger partial charge in [0.2, 0.25) is 0 Å². The van der Waals surface area contributed by atoms with E-state index in [2.05, 4.69) is 65.0 Å². The molecule has 106 valence electrons. The largest absolute Gasteiger partial charge is 0.411 e. The molecule has 0 bridgehead atoms. The molecule has 0 aromatic heterocycles. The Balaban J connectivity index is 4.58. The smallest absolute Gasteiger partial charge is 0.192 e. The van der Waals surface area contributed by atoms with Crippen LogP contribution in [0.2, 0.25) is 37.8 Å². The molecule has 0 saturated carbocycles. The first-order valence-corrected chi connectivity index (χ1v) is 13.1. The fourth-order valence-electron chi connectivity index (χ4n) is 1.17. The highest BCUT2D eigenvalue weighted by atomic mass is 28.4. The molecule has 0 heterocycles. The Morgan fingerprint density at radius 3 is 1.94 bits per heavy atom. The van der Waals surface area contributed by atoms with Gasteiger partial charge in [-0.25, -0.2) is 0 Å². The Morgan fingerprint density at radius 2 is 1.61 bits per heavy atom. The van der Waals surface area contributed by atoms with Gasteiger partial charge in [0.05, 0.1) is 12.7 Å². The average molecular weight is 287 g/mol. The molecule has 0 aliphatic carbocycles. The minimum Gasteiger partial charge on any atom is -0.411 e. The van der Waals surface area contributed by atoms with Crippen LogP contribution in [0.25, 0.3) is 0 Å². The maximum atomic E-state index is 9.43. The fourth-order valence-corrected chi connectivity index (χ4v) is 3.14. The summed E-state index contributed by atoms with van der Waals surface area (Å²) in [6.07, 6.45) is 0.516. The first kappa shape index (κ1) is 17.9. The third kappa shape index (κ3) is 6.74. The van der Waals surface area contributed by atoms with Crippen molar-refractivity contribution in [2.45, 2.75) is 71.1 Å². The van der Waals surface area contributed by atoms with E-state index < -0.39 is 16.4 Å². The third-order valence-electron chi connectivity index (χ3n) is 3.26. The number of aliphatic hydroxyl groups excluding tert-OH is 1. The van der Waals surface area contributed by atoms with Crippen LogP contribution in [-0.4, -0.2) is 34.2 Å². The van der Waals surface area contributed by atoms with Crippen molar-refractivity contribution in [3.63, 3.8) is 0 Å². The number of hydrogen-bond acceptors (Lipinski definition) is 2. The van der Waals surface area contributed by atoms with Gasteiger partial charge < -0.3 is 9.53 Å². The first-order chi connectivity index (χ1) is 7.89. The monoisotopic (exact) mass is 286 g/mol. The molecule has 0 aliphatic rings. The molecular formula is C14H30O2Si2. The van der Waals surface area contributed by atoms with Crippen LogP contribution in [-0.2, 0) is 4.43 Å². The maximum absolute atomic E-state index is 9.43. The van der Waals surface area contributed by atoms with Gasteiger partial charge in [-0.2, -0.15) is 0 Å². The van der Waals surface area contributed by atoms with Gasteiger partial charge >= 0.3 is 0 Å². The van der Waals surface area contributed by atoms with Crippen LogP contribution in [0.15, 0.2) is 0 Å². The predicted octanol–water partition coefficient (Wildman–Crippen LogP) is 3.64. The Morgan fingerprint density at radius 1 is 1.11 bits per heavy atom. The molecule has 2 nitrogen and oxygen atoms in total. The van der Waals surface area contributed by atoms with Crippen LogP contribution >= 0.6 is 0 Å². The molecule has 0 aromatic rings. The highest BCUT2D eigenvalue weighted by Gasteiger charge is 2.38. The van der Waals surface area contributed by atoms with Crippen LogP contribution < -0.4 is 0 Å². The molecule has 0 saturated heterocycles. The highest BCUT2D eigenvalue weighted by Crippen LogP contribution is 2.37. The van der Waals surface area contributed by atoms with Crippen molar-refractivity contribution in [1.29, 1.82) is 0 Å². The summed E-state index contributed by atoms with van der Waals surface area (Å²) in [6, 6.07) is 0. The summed E-state index contributed by atoms with van der Waals surface area (Å²) in [5.41, 5.74) is 3.32. The Labute approximate surface area is 115 Å². The molecule has 0 aromatic carbocycles. The molecule has 0 spiro atoms. The zero-order valence-electron chi connectivity index (χ0n) is 13.3. The SMILES string of the molecule is CC(C)(C)[Si](C)(C)O[C@@H](CO)CC#C[Si](C)(C)C. The van der Waals surface area contributed by atoms with Crippen molar-refractivity contribution in [2.75, 3.05) is 6.61 Å². The van der Waals surface area contributed by atoms with Crippen LogP contribution in [0.1, 0.15) is 27.2 Å². The number of rotatable bonds is 4. The summed E-state index contributed by atoms with van der Waals surface area (Å²) in [4.78, 5) is 0. The van der Waals surface area contributed by atoms with E-state index in [1.54, 1.807) is 0 Å². The second-order valence-electron chi connectivity index (χ2n) is 7.44. The summed E-state index contributed by atoms with van der Waals surface area (Å²) < 4.78 is 6.17. The molecule has 4 heteroatoms. The van der Waals surface area contributed by atoms with Gasteiger partial charge in [-0.3, -0.25) is 0 Å². The number of hydrogen-bond donors (Lipinski definition) is 1. The zero-order valence-corrected chi connectivity index (χ0v) is 15.3. The summed E-state index contributed by atoms with van der Waals surface area (Å²) in [5.74, 6) is 3.20. The number of aliphatic hydroxyl groups is 1. The van der Waals surface area contributed by atoms with Crippen molar-refractivity contribution in [3.8, 4) is 11.5 Å². The minimum atomic E-state index is -1.80. The van der Waals surface area contributed by atoms with Gasteiger partial charge in [0.15, 0.2) is 8.32 Å². The molecule has 1 atom stereocenters. The summed E-state index contributed by atoms with van der Waals surface area (Å²) in [5, 5.41) is 9.60. The fraction of sp³-hybridized carbons (Fsp3) is 0.857. The summed E-state index contributed by atoms with van der Waals surface area (Å²) >= 11 is 0. The highest BCUT2D eigenvalue weighted by molar-refractivity contribution is 6.83. The van der Waals surface area contributed by atoms with Crippen molar-refractivity contribution in [1.82, 2.24) is 0 Å². The average Bonchev–Trinajstić information content (AvgIpc) is 2.12. The summed E-state index contributed by atoms with van der Waals surface area (Å²) in [6.45, 7) is 17.8. The van der Waals surface area contributed by atoms with Gasteiger partial charge in [0, 0.05) is 6.42 Å². The molecule has 0 fully saturated rings. The molecule has 0 unspecified atom stereocenters.